The normalized spacial score (nSPS) is 10.6. The van der Waals surface area contributed by atoms with Gasteiger partial charge in [-0.25, -0.2) is 4.98 Å². The quantitative estimate of drug-likeness (QED) is 0.464. The molecule has 0 aliphatic rings. The molecule has 0 spiro atoms. The minimum absolute atomic E-state index is 0.232. The van der Waals surface area contributed by atoms with Crippen LogP contribution in [0.3, 0.4) is 0 Å². The van der Waals surface area contributed by atoms with Crippen LogP contribution in [0.25, 0.3) is 11.4 Å². The Morgan fingerprint density at radius 1 is 0.967 bits per heavy atom. The third-order valence-electron chi connectivity index (χ3n) is 4.48. The van der Waals surface area contributed by atoms with Crippen molar-refractivity contribution in [2.24, 2.45) is 0 Å². The van der Waals surface area contributed by atoms with E-state index in [0.29, 0.717) is 22.8 Å². The van der Waals surface area contributed by atoms with Crippen LogP contribution in [-0.4, -0.2) is 27.0 Å². The van der Waals surface area contributed by atoms with E-state index in [0.717, 1.165) is 17.0 Å². The molecule has 0 aliphatic carbocycles. The first kappa shape index (κ1) is 19.1. The minimum Gasteiger partial charge on any atom is -0.459 e. The molecule has 2 amide bonds. The number of benzene rings is 2. The van der Waals surface area contributed by atoms with Crippen LogP contribution in [-0.2, 0) is 0 Å². The van der Waals surface area contributed by atoms with E-state index < -0.39 is 0 Å². The second-order valence-electron chi connectivity index (χ2n) is 6.74. The number of furan rings is 1. The SMILES string of the molecule is Cc1nc(-c2ccc(C(=O)Nc3ccc(NC(=O)c4ccco4)c(C)c3)cc2)n[nH]1. The lowest BCUT2D eigenvalue weighted by atomic mass is 10.1. The summed E-state index contributed by atoms with van der Waals surface area (Å²) in [6, 6.07) is 15.6. The fourth-order valence-corrected chi connectivity index (χ4v) is 2.92. The van der Waals surface area contributed by atoms with Gasteiger partial charge in [-0.3, -0.25) is 14.7 Å². The zero-order chi connectivity index (χ0) is 21.1. The Morgan fingerprint density at radius 2 is 1.77 bits per heavy atom. The van der Waals surface area contributed by atoms with E-state index in [9.17, 15) is 9.59 Å². The molecule has 0 fully saturated rings. The number of H-pyrrole nitrogens is 1. The Kier molecular flexibility index (Phi) is 5.13. The summed E-state index contributed by atoms with van der Waals surface area (Å²) in [5.74, 6) is 0.977. The number of nitrogens with zero attached hydrogens (tertiary/aromatic N) is 2. The molecule has 0 saturated heterocycles. The first-order valence-electron chi connectivity index (χ1n) is 9.26. The van der Waals surface area contributed by atoms with Crippen molar-refractivity contribution in [1.82, 2.24) is 15.2 Å². The van der Waals surface area contributed by atoms with Gasteiger partial charge in [0.05, 0.1) is 6.26 Å². The van der Waals surface area contributed by atoms with Crippen LogP contribution in [0, 0.1) is 13.8 Å². The average molecular weight is 401 g/mol. The van der Waals surface area contributed by atoms with Gasteiger partial charge < -0.3 is 15.1 Å². The van der Waals surface area contributed by atoms with Crippen LogP contribution >= 0.6 is 0 Å². The van der Waals surface area contributed by atoms with Crippen molar-refractivity contribution in [2.45, 2.75) is 13.8 Å². The van der Waals surface area contributed by atoms with Crippen molar-refractivity contribution in [3.05, 3.63) is 83.6 Å². The summed E-state index contributed by atoms with van der Waals surface area (Å²) >= 11 is 0. The summed E-state index contributed by atoms with van der Waals surface area (Å²) in [5, 5.41) is 12.6. The second-order valence-corrected chi connectivity index (χ2v) is 6.74. The third kappa shape index (κ3) is 4.12. The Balaban J connectivity index is 1.43. The highest BCUT2D eigenvalue weighted by Gasteiger charge is 2.12. The number of aromatic amines is 1. The lowest BCUT2D eigenvalue weighted by Crippen LogP contribution is -2.14. The highest BCUT2D eigenvalue weighted by Crippen LogP contribution is 2.22. The zero-order valence-corrected chi connectivity index (χ0v) is 16.4. The molecule has 2 aromatic heterocycles. The van der Waals surface area contributed by atoms with Crippen molar-refractivity contribution in [3.8, 4) is 11.4 Å². The van der Waals surface area contributed by atoms with Crippen molar-refractivity contribution in [1.29, 1.82) is 0 Å². The number of amides is 2. The van der Waals surface area contributed by atoms with E-state index in [1.165, 1.54) is 6.26 Å². The van der Waals surface area contributed by atoms with Gasteiger partial charge in [-0.05, 0) is 61.9 Å². The van der Waals surface area contributed by atoms with E-state index in [-0.39, 0.29) is 17.6 Å². The standard InChI is InChI=1S/C22H19N5O3/c1-13-12-17(9-10-18(13)25-22(29)19-4-3-11-30-19)24-21(28)16-7-5-15(6-8-16)20-23-14(2)26-27-20/h3-12H,1-2H3,(H,24,28)(H,25,29)(H,23,26,27). The molecule has 0 bridgehead atoms. The number of rotatable bonds is 5. The molecule has 0 radical (unpaired) electrons. The van der Waals surface area contributed by atoms with Gasteiger partial charge in [-0.2, -0.15) is 5.10 Å². The minimum atomic E-state index is -0.332. The smallest absolute Gasteiger partial charge is 0.291 e. The third-order valence-corrected chi connectivity index (χ3v) is 4.48. The molecule has 4 aromatic rings. The van der Waals surface area contributed by atoms with Gasteiger partial charge in [0.25, 0.3) is 11.8 Å². The molecule has 8 nitrogen and oxygen atoms in total. The van der Waals surface area contributed by atoms with Gasteiger partial charge in [0, 0.05) is 22.5 Å². The second kappa shape index (κ2) is 8.04. The van der Waals surface area contributed by atoms with Gasteiger partial charge in [-0.1, -0.05) is 12.1 Å². The molecule has 8 heteroatoms. The first-order chi connectivity index (χ1) is 14.5. The van der Waals surface area contributed by atoms with Gasteiger partial charge in [-0.15, -0.1) is 0 Å². The number of anilines is 2. The highest BCUT2D eigenvalue weighted by atomic mass is 16.3. The van der Waals surface area contributed by atoms with Crippen LogP contribution in [0.15, 0.2) is 65.3 Å². The van der Waals surface area contributed by atoms with E-state index in [2.05, 4.69) is 25.8 Å². The predicted molar refractivity (Wildman–Crippen MR) is 112 cm³/mol. The average Bonchev–Trinajstić information content (AvgIpc) is 3.42. The van der Waals surface area contributed by atoms with Crippen molar-refractivity contribution in [3.63, 3.8) is 0 Å². The summed E-state index contributed by atoms with van der Waals surface area (Å²) in [6.45, 7) is 3.68. The van der Waals surface area contributed by atoms with Crippen LogP contribution in [0.2, 0.25) is 0 Å². The van der Waals surface area contributed by atoms with Gasteiger partial charge in [0.2, 0.25) is 0 Å². The van der Waals surface area contributed by atoms with Crippen molar-refractivity contribution >= 4 is 23.2 Å². The fraction of sp³-hybridized carbons (Fsp3) is 0.0909. The summed E-state index contributed by atoms with van der Waals surface area (Å²) in [7, 11) is 0. The number of aromatic nitrogens is 3. The Bertz CT molecular complexity index is 1190. The number of carbonyl (C=O) groups is 2. The maximum atomic E-state index is 12.6. The molecular formula is C22H19N5O3. The molecule has 2 heterocycles. The molecular weight excluding hydrogens is 382 g/mol. The summed E-state index contributed by atoms with van der Waals surface area (Å²) in [4.78, 5) is 29.0. The van der Waals surface area contributed by atoms with E-state index >= 15 is 0 Å². The molecule has 4 rings (SSSR count). The molecule has 0 unspecified atom stereocenters. The van der Waals surface area contributed by atoms with Crippen LogP contribution in [0.4, 0.5) is 11.4 Å². The lowest BCUT2D eigenvalue weighted by Gasteiger charge is -2.11. The van der Waals surface area contributed by atoms with Crippen LogP contribution in [0.5, 0.6) is 0 Å². The van der Waals surface area contributed by atoms with Crippen LogP contribution in [0.1, 0.15) is 32.3 Å². The van der Waals surface area contributed by atoms with E-state index in [4.69, 9.17) is 4.42 Å². The topological polar surface area (TPSA) is 113 Å². The van der Waals surface area contributed by atoms with Crippen molar-refractivity contribution in [2.75, 3.05) is 10.6 Å². The maximum Gasteiger partial charge on any atom is 0.291 e. The molecule has 3 N–H and O–H groups in total. The summed E-state index contributed by atoms with van der Waals surface area (Å²) in [6.07, 6.45) is 1.44. The van der Waals surface area contributed by atoms with E-state index in [1.807, 2.05) is 13.8 Å². The lowest BCUT2D eigenvalue weighted by molar-refractivity contribution is 0.0994. The zero-order valence-electron chi connectivity index (χ0n) is 16.4. The number of nitrogens with one attached hydrogen (secondary N) is 3. The Morgan fingerprint density at radius 3 is 2.40 bits per heavy atom. The Hall–Kier alpha value is -4.20. The fourth-order valence-electron chi connectivity index (χ4n) is 2.92. The molecule has 30 heavy (non-hydrogen) atoms. The van der Waals surface area contributed by atoms with E-state index in [1.54, 1.807) is 54.6 Å². The Labute approximate surface area is 172 Å². The first-order valence-corrected chi connectivity index (χ1v) is 9.26. The molecule has 2 aromatic carbocycles. The largest absolute Gasteiger partial charge is 0.459 e. The monoisotopic (exact) mass is 401 g/mol. The van der Waals surface area contributed by atoms with Gasteiger partial charge in [0.15, 0.2) is 11.6 Å². The molecule has 150 valence electrons. The summed E-state index contributed by atoms with van der Waals surface area (Å²) < 4.78 is 5.09. The maximum absolute atomic E-state index is 12.6. The molecule has 0 saturated carbocycles. The van der Waals surface area contributed by atoms with Crippen molar-refractivity contribution < 1.29 is 14.0 Å². The number of hydrogen-bond acceptors (Lipinski definition) is 5. The van der Waals surface area contributed by atoms with Gasteiger partial charge in [0.1, 0.15) is 5.82 Å². The predicted octanol–water partition coefficient (Wildman–Crippen LogP) is 4.19. The highest BCUT2D eigenvalue weighted by molar-refractivity contribution is 6.05. The number of aryl methyl sites for hydroxylation is 2. The number of carbonyl (C=O) groups excluding carboxylic acids is 2. The van der Waals surface area contributed by atoms with Gasteiger partial charge >= 0.3 is 0 Å². The molecule has 0 atom stereocenters. The summed E-state index contributed by atoms with van der Waals surface area (Å²) in [5.41, 5.74) is 3.41. The number of hydrogen-bond donors (Lipinski definition) is 3. The molecule has 0 aliphatic heterocycles. The van der Waals surface area contributed by atoms with Crippen LogP contribution < -0.4 is 10.6 Å².